The van der Waals surface area contributed by atoms with Crippen molar-refractivity contribution in [3.63, 3.8) is 0 Å². The van der Waals surface area contributed by atoms with E-state index in [1.165, 1.54) is 11.3 Å². The van der Waals surface area contributed by atoms with E-state index in [0.29, 0.717) is 13.1 Å². The SMILES string of the molecule is CN(Cc1ccccc1)C(=O)CNC1CCCNc2ccccc21. The zero-order valence-corrected chi connectivity index (χ0v) is 14.2. The van der Waals surface area contributed by atoms with Gasteiger partial charge in [-0.25, -0.2) is 0 Å². The number of rotatable bonds is 5. The van der Waals surface area contributed by atoms with E-state index in [0.717, 1.165) is 24.9 Å². The summed E-state index contributed by atoms with van der Waals surface area (Å²) in [6, 6.07) is 18.7. The van der Waals surface area contributed by atoms with Gasteiger partial charge in [-0.3, -0.25) is 4.79 Å². The van der Waals surface area contributed by atoms with E-state index in [2.05, 4.69) is 28.8 Å². The van der Waals surface area contributed by atoms with Gasteiger partial charge < -0.3 is 15.5 Å². The van der Waals surface area contributed by atoms with Gasteiger partial charge in [-0.1, -0.05) is 48.5 Å². The first-order chi connectivity index (χ1) is 11.7. The monoisotopic (exact) mass is 323 g/mol. The fourth-order valence-corrected chi connectivity index (χ4v) is 3.15. The molecule has 0 saturated heterocycles. The molecule has 2 aromatic carbocycles. The highest BCUT2D eigenvalue weighted by atomic mass is 16.2. The van der Waals surface area contributed by atoms with E-state index in [4.69, 9.17) is 0 Å². The molecule has 1 atom stereocenters. The van der Waals surface area contributed by atoms with Crippen molar-refractivity contribution in [2.75, 3.05) is 25.5 Å². The third-order valence-corrected chi connectivity index (χ3v) is 4.51. The smallest absolute Gasteiger partial charge is 0.236 e. The fourth-order valence-electron chi connectivity index (χ4n) is 3.15. The minimum absolute atomic E-state index is 0.119. The van der Waals surface area contributed by atoms with Gasteiger partial charge in [0.2, 0.25) is 5.91 Å². The standard InChI is InChI=1S/C20H25N3O/c1-23(15-16-8-3-2-4-9-16)20(24)14-22-19-12-7-13-21-18-11-6-5-10-17(18)19/h2-6,8-11,19,21-22H,7,12-15H2,1H3. The van der Waals surface area contributed by atoms with Gasteiger partial charge >= 0.3 is 0 Å². The second kappa shape index (κ2) is 7.97. The molecule has 2 N–H and O–H groups in total. The van der Waals surface area contributed by atoms with Crippen molar-refractivity contribution in [1.29, 1.82) is 0 Å². The molecule has 3 rings (SSSR count). The van der Waals surface area contributed by atoms with Crippen molar-refractivity contribution >= 4 is 11.6 Å². The highest BCUT2D eigenvalue weighted by molar-refractivity contribution is 5.78. The van der Waals surface area contributed by atoms with Crippen LogP contribution in [0.25, 0.3) is 0 Å². The zero-order valence-electron chi connectivity index (χ0n) is 14.2. The van der Waals surface area contributed by atoms with Crippen LogP contribution in [0.1, 0.15) is 30.0 Å². The molecular weight excluding hydrogens is 298 g/mol. The zero-order chi connectivity index (χ0) is 16.8. The summed E-state index contributed by atoms with van der Waals surface area (Å²) in [5.74, 6) is 0.119. The first-order valence-electron chi connectivity index (χ1n) is 8.58. The lowest BCUT2D eigenvalue weighted by Gasteiger charge is -2.22. The maximum absolute atomic E-state index is 12.4. The predicted octanol–water partition coefficient (Wildman–Crippen LogP) is 3.18. The molecule has 0 fully saturated rings. The van der Waals surface area contributed by atoms with Gasteiger partial charge in [0.1, 0.15) is 0 Å². The topological polar surface area (TPSA) is 44.4 Å². The van der Waals surface area contributed by atoms with Crippen LogP contribution >= 0.6 is 0 Å². The van der Waals surface area contributed by atoms with E-state index in [-0.39, 0.29) is 11.9 Å². The third-order valence-electron chi connectivity index (χ3n) is 4.51. The molecule has 1 unspecified atom stereocenters. The van der Waals surface area contributed by atoms with Crippen LogP contribution in [-0.2, 0) is 11.3 Å². The molecular formula is C20H25N3O. The molecule has 4 heteroatoms. The number of para-hydroxylation sites is 1. The summed E-state index contributed by atoms with van der Waals surface area (Å²) in [4.78, 5) is 14.2. The molecule has 0 radical (unpaired) electrons. The minimum atomic E-state index is 0.119. The quantitative estimate of drug-likeness (QED) is 0.888. The molecule has 1 aliphatic heterocycles. The maximum Gasteiger partial charge on any atom is 0.236 e. The summed E-state index contributed by atoms with van der Waals surface area (Å²) >= 11 is 0. The second-order valence-corrected chi connectivity index (χ2v) is 6.33. The Balaban J connectivity index is 1.58. The van der Waals surface area contributed by atoms with Crippen LogP contribution < -0.4 is 10.6 Å². The molecule has 24 heavy (non-hydrogen) atoms. The van der Waals surface area contributed by atoms with Crippen LogP contribution in [0.3, 0.4) is 0 Å². The number of likely N-dealkylation sites (N-methyl/N-ethyl adjacent to an activating group) is 1. The van der Waals surface area contributed by atoms with E-state index in [9.17, 15) is 4.79 Å². The number of hydrogen-bond donors (Lipinski definition) is 2. The van der Waals surface area contributed by atoms with Gasteiger partial charge in [0.15, 0.2) is 0 Å². The van der Waals surface area contributed by atoms with Crippen LogP contribution in [0.5, 0.6) is 0 Å². The summed E-state index contributed by atoms with van der Waals surface area (Å²) in [7, 11) is 1.86. The molecule has 0 bridgehead atoms. The van der Waals surface area contributed by atoms with Gasteiger partial charge in [0, 0.05) is 31.9 Å². The van der Waals surface area contributed by atoms with E-state index in [1.807, 2.05) is 43.4 Å². The Morgan fingerprint density at radius 3 is 2.75 bits per heavy atom. The Bertz CT molecular complexity index is 672. The number of carbonyl (C=O) groups excluding carboxylic acids is 1. The first kappa shape index (κ1) is 16.5. The van der Waals surface area contributed by atoms with Crippen molar-refractivity contribution in [3.8, 4) is 0 Å². The average molecular weight is 323 g/mol. The number of nitrogens with one attached hydrogen (secondary N) is 2. The van der Waals surface area contributed by atoms with Gasteiger partial charge in [0.25, 0.3) is 0 Å². The van der Waals surface area contributed by atoms with Crippen LogP contribution in [0.4, 0.5) is 5.69 Å². The molecule has 1 heterocycles. The number of carbonyl (C=O) groups is 1. The van der Waals surface area contributed by atoms with Crippen LogP contribution in [0, 0.1) is 0 Å². The lowest BCUT2D eigenvalue weighted by Crippen LogP contribution is -2.36. The Morgan fingerprint density at radius 2 is 1.92 bits per heavy atom. The van der Waals surface area contributed by atoms with Gasteiger partial charge in [-0.05, 0) is 30.0 Å². The highest BCUT2D eigenvalue weighted by Crippen LogP contribution is 2.28. The van der Waals surface area contributed by atoms with Crippen molar-refractivity contribution in [3.05, 3.63) is 65.7 Å². The number of nitrogens with zero attached hydrogens (tertiary/aromatic N) is 1. The van der Waals surface area contributed by atoms with Crippen LogP contribution in [0.15, 0.2) is 54.6 Å². The van der Waals surface area contributed by atoms with Crippen molar-refractivity contribution in [1.82, 2.24) is 10.2 Å². The normalized spacial score (nSPS) is 16.6. The Kier molecular flexibility index (Phi) is 5.49. The summed E-state index contributed by atoms with van der Waals surface area (Å²) in [5.41, 5.74) is 3.59. The van der Waals surface area contributed by atoms with Crippen molar-refractivity contribution in [2.45, 2.75) is 25.4 Å². The Hall–Kier alpha value is -2.33. The predicted molar refractivity (Wildman–Crippen MR) is 97.8 cm³/mol. The lowest BCUT2D eigenvalue weighted by molar-refractivity contribution is -0.129. The fraction of sp³-hybridized carbons (Fsp3) is 0.350. The van der Waals surface area contributed by atoms with Gasteiger partial charge in [-0.2, -0.15) is 0 Å². The largest absolute Gasteiger partial charge is 0.385 e. The summed E-state index contributed by atoms with van der Waals surface area (Å²) in [6.07, 6.45) is 2.14. The first-order valence-corrected chi connectivity index (χ1v) is 8.58. The van der Waals surface area contributed by atoms with E-state index in [1.54, 1.807) is 4.90 Å². The van der Waals surface area contributed by atoms with Crippen LogP contribution in [-0.4, -0.2) is 30.9 Å². The molecule has 4 nitrogen and oxygen atoms in total. The molecule has 0 spiro atoms. The van der Waals surface area contributed by atoms with Gasteiger partial charge in [0.05, 0.1) is 6.54 Å². The number of benzene rings is 2. The molecule has 0 aromatic heterocycles. The molecule has 1 amide bonds. The second-order valence-electron chi connectivity index (χ2n) is 6.33. The number of fused-ring (bicyclic) bond motifs is 1. The molecule has 0 aliphatic carbocycles. The van der Waals surface area contributed by atoms with Crippen LogP contribution in [0.2, 0.25) is 0 Å². The van der Waals surface area contributed by atoms with Crippen molar-refractivity contribution in [2.24, 2.45) is 0 Å². The third kappa shape index (κ3) is 4.15. The van der Waals surface area contributed by atoms with Gasteiger partial charge in [-0.15, -0.1) is 0 Å². The Morgan fingerprint density at radius 1 is 1.17 bits per heavy atom. The summed E-state index contributed by atoms with van der Waals surface area (Å²) < 4.78 is 0. The molecule has 126 valence electrons. The molecule has 0 saturated carbocycles. The highest BCUT2D eigenvalue weighted by Gasteiger charge is 2.19. The Labute approximate surface area is 143 Å². The van der Waals surface area contributed by atoms with Crippen molar-refractivity contribution < 1.29 is 4.79 Å². The molecule has 2 aromatic rings. The average Bonchev–Trinajstić information content (AvgIpc) is 2.82. The number of hydrogen-bond acceptors (Lipinski definition) is 3. The minimum Gasteiger partial charge on any atom is -0.385 e. The van der Waals surface area contributed by atoms with E-state index < -0.39 is 0 Å². The maximum atomic E-state index is 12.4. The lowest BCUT2D eigenvalue weighted by atomic mass is 10.0. The summed E-state index contributed by atoms with van der Waals surface area (Å²) in [5, 5.41) is 6.92. The van der Waals surface area contributed by atoms with E-state index >= 15 is 0 Å². The molecule has 1 aliphatic rings. The number of anilines is 1. The summed E-state index contributed by atoms with van der Waals surface area (Å²) in [6.45, 7) is 1.99. The number of amides is 1.